The van der Waals surface area contributed by atoms with E-state index in [9.17, 15) is 4.79 Å². The molecule has 1 aliphatic rings. The normalized spacial score (nSPS) is 15.9. The van der Waals surface area contributed by atoms with Gasteiger partial charge in [-0.2, -0.15) is 0 Å². The van der Waals surface area contributed by atoms with Crippen LogP contribution in [-0.2, 0) is 11.2 Å². The van der Waals surface area contributed by atoms with Crippen LogP contribution in [0.3, 0.4) is 0 Å². The Morgan fingerprint density at radius 2 is 1.60 bits per heavy atom. The SMILES string of the molecule is CCN1C(=O)[C@@H](Cc2cc(OC)c(OC)cc2OC)c2ccccc21. The van der Waals surface area contributed by atoms with Gasteiger partial charge in [0, 0.05) is 18.3 Å². The summed E-state index contributed by atoms with van der Waals surface area (Å²) in [6.07, 6.45) is 0.551. The first-order valence-electron chi connectivity index (χ1n) is 8.33. The molecule has 1 atom stereocenters. The molecule has 5 heteroatoms. The van der Waals surface area contributed by atoms with Gasteiger partial charge in [0.15, 0.2) is 11.5 Å². The topological polar surface area (TPSA) is 48.0 Å². The van der Waals surface area contributed by atoms with Gasteiger partial charge < -0.3 is 19.1 Å². The highest BCUT2D eigenvalue weighted by atomic mass is 16.5. The second-order valence-corrected chi connectivity index (χ2v) is 5.92. The Balaban J connectivity index is 2.01. The van der Waals surface area contributed by atoms with Crippen LogP contribution in [0.1, 0.15) is 24.0 Å². The van der Waals surface area contributed by atoms with E-state index in [1.54, 1.807) is 27.4 Å². The number of carbonyl (C=O) groups excluding carboxylic acids is 1. The smallest absolute Gasteiger partial charge is 0.234 e. The quantitative estimate of drug-likeness (QED) is 0.808. The van der Waals surface area contributed by atoms with Crippen LogP contribution >= 0.6 is 0 Å². The summed E-state index contributed by atoms with van der Waals surface area (Å²) in [5.74, 6) is 1.84. The van der Waals surface area contributed by atoms with Gasteiger partial charge >= 0.3 is 0 Å². The molecule has 0 fully saturated rings. The molecule has 1 amide bonds. The summed E-state index contributed by atoms with van der Waals surface area (Å²) in [6, 6.07) is 11.7. The number of para-hydroxylation sites is 1. The minimum Gasteiger partial charge on any atom is -0.496 e. The molecule has 1 aliphatic heterocycles. The predicted molar refractivity (Wildman–Crippen MR) is 97.0 cm³/mol. The van der Waals surface area contributed by atoms with Crippen LogP contribution in [0.4, 0.5) is 5.69 Å². The van der Waals surface area contributed by atoms with Crippen molar-refractivity contribution in [3.8, 4) is 17.2 Å². The van der Waals surface area contributed by atoms with Gasteiger partial charge in [0.05, 0.1) is 27.2 Å². The molecule has 1 heterocycles. The number of amides is 1. The van der Waals surface area contributed by atoms with Gasteiger partial charge in [-0.3, -0.25) is 4.79 Å². The molecule has 25 heavy (non-hydrogen) atoms. The number of methoxy groups -OCH3 is 3. The van der Waals surface area contributed by atoms with Crippen molar-refractivity contribution in [1.29, 1.82) is 0 Å². The van der Waals surface area contributed by atoms with Crippen molar-refractivity contribution in [3.05, 3.63) is 47.5 Å². The number of likely N-dealkylation sites (N-methyl/N-ethyl adjacent to an activating group) is 1. The van der Waals surface area contributed by atoms with Gasteiger partial charge in [-0.1, -0.05) is 18.2 Å². The monoisotopic (exact) mass is 341 g/mol. The predicted octanol–water partition coefficient (Wildman–Crippen LogP) is 3.41. The fourth-order valence-electron chi connectivity index (χ4n) is 3.46. The van der Waals surface area contributed by atoms with Crippen LogP contribution in [-0.4, -0.2) is 33.8 Å². The number of carbonyl (C=O) groups is 1. The van der Waals surface area contributed by atoms with Crippen LogP contribution in [0.25, 0.3) is 0 Å². The lowest BCUT2D eigenvalue weighted by Crippen LogP contribution is -2.29. The maximum absolute atomic E-state index is 12.9. The number of anilines is 1. The molecule has 0 saturated carbocycles. The van der Waals surface area contributed by atoms with E-state index in [-0.39, 0.29) is 11.8 Å². The highest BCUT2D eigenvalue weighted by Gasteiger charge is 2.36. The Kier molecular flexibility index (Phi) is 4.83. The van der Waals surface area contributed by atoms with E-state index in [1.807, 2.05) is 42.2 Å². The van der Waals surface area contributed by atoms with Gasteiger partial charge in [0.25, 0.3) is 0 Å². The van der Waals surface area contributed by atoms with Crippen LogP contribution in [0.15, 0.2) is 36.4 Å². The maximum Gasteiger partial charge on any atom is 0.234 e. The molecule has 0 spiro atoms. The molecule has 132 valence electrons. The number of hydrogen-bond donors (Lipinski definition) is 0. The molecule has 0 bridgehead atoms. The Bertz CT molecular complexity index is 787. The number of ether oxygens (including phenoxy) is 3. The summed E-state index contributed by atoms with van der Waals surface area (Å²) in [5.41, 5.74) is 2.98. The first kappa shape index (κ1) is 17.1. The third-order valence-corrected chi connectivity index (χ3v) is 4.69. The number of nitrogens with zero attached hydrogens (tertiary/aromatic N) is 1. The van der Waals surface area contributed by atoms with Crippen molar-refractivity contribution >= 4 is 11.6 Å². The zero-order valence-corrected chi connectivity index (χ0v) is 15.0. The van der Waals surface area contributed by atoms with E-state index >= 15 is 0 Å². The molecule has 2 aromatic rings. The van der Waals surface area contributed by atoms with Crippen molar-refractivity contribution in [1.82, 2.24) is 0 Å². The highest BCUT2D eigenvalue weighted by molar-refractivity contribution is 6.05. The molecular formula is C20H23NO4. The van der Waals surface area contributed by atoms with Crippen molar-refractivity contribution < 1.29 is 19.0 Å². The molecule has 0 radical (unpaired) electrons. The first-order valence-corrected chi connectivity index (χ1v) is 8.33. The third kappa shape index (κ3) is 2.90. The van der Waals surface area contributed by atoms with E-state index in [4.69, 9.17) is 14.2 Å². The van der Waals surface area contributed by atoms with Crippen LogP contribution in [0.2, 0.25) is 0 Å². The Morgan fingerprint density at radius 1 is 0.960 bits per heavy atom. The second-order valence-electron chi connectivity index (χ2n) is 5.92. The van der Waals surface area contributed by atoms with Crippen LogP contribution < -0.4 is 19.1 Å². The lowest BCUT2D eigenvalue weighted by Gasteiger charge is -2.17. The van der Waals surface area contributed by atoms with E-state index in [1.165, 1.54) is 0 Å². The lowest BCUT2D eigenvalue weighted by molar-refractivity contribution is -0.119. The molecule has 2 aromatic carbocycles. The number of rotatable bonds is 6. The fourth-order valence-corrected chi connectivity index (χ4v) is 3.46. The summed E-state index contributed by atoms with van der Waals surface area (Å²) in [4.78, 5) is 14.7. The standard InChI is InChI=1S/C20H23NO4/c1-5-21-16-9-7-6-8-14(16)15(20(21)22)10-13-11-18(24-3)19(25-4)12-17(13)23-2/h6-9,11-12,15H,5,10H2,1-4H3/t15-/m0/s1. The molecule has 0 saturated heterocycles. The summed E-state index contributed by atoms with van der Waals surface area (Å²) in [7, 11) is 4.81. The zero-order chi connectivity index (χ0) is 18.0. The fraction of sp³-hybridized carbons (Fsp3) is 0.350. The largest absolute Gasteiger partial charge is 0.496 e. The maximum atomic E-state index is 12.9. The van der Waals surface area contributed by atoms with Gasteiger partial charge in [-0.25, -0.2) is 0 Å². The van der Waals surface area contributed by atoms with E-state index in [0.717, 1.165) is 16.8 Å². The van der Waals surface area contributed by atoms with Gasteiger partial charge in [0.2, 0.25) is 5.91 Å². The molecule has 3 rings (SSSR count). The van der Waals surface area contributed by atoms with Crippen molar-refractivity contribution in [2.45, 2.75) is 19.3 Å². The molecule has 0 aromatic heterocycles. The summed E-state index contributed by atoms with van der Waals surface area (Å²) in [5, 5.41) is 0. The summed E-state index contributed by atoms with van der Waals surface area (Å²) < 4.78 is 16.3. The van der Waals surface area contributed by atoms with Crippen LogP contribution in [0, 0.1) is 0 Å². The summed E-state index contributed by atoms with van der Waals surface area (Å²) in [6.45, 7) is 2.66. The zero-order valence-electron chi connectivity index (χ0n) is 15.0. The minimum atomic E-state index is -0.219. The van der Waals surface area contributed by atoms with Gasteiger partial charge in [-0.05, 0) is 36.6 Å². The Labute approximate surface area is 148 Å². The average molecular weight is 341 g/mol. The molecule has 0 unspecified atom stereocenters. The van der Waals surface area contributed by atoms with E-state index in [2.05, 4.69) is 0 Å². The Morgan fingerprint density at radius 3 is 2.24 bits per heavy atom. The van der Waals surface area contributed by atoms with Crippen molar-refractivity contribution in [3.63, 3.8) is 0 Å². The van der Waals surface area contributed by atoms with Gasteiger partial charge in [0.1, 0.15) is 5.75 Å². The molecule has 5 nitrogen and oxygen atoms in total. The third-order valence-electron chi connectivity index (χ3n) is 4.69. The van der Waals surface area contributed by atoms with Gasteiger partial charge in [-0.15, -0.1) is 0 Å². The second kappa shape index (κ2) is 7.05. The molecular weight excluding hydrogens is 318 g/mol. The van der Waals surface area contributed by atoms with Crippen molar-refractivity contribution in [2.24, 2.45) is 0 Å². The Hall–Kier alpha value is -2.69. The number of benzene rings is 2. The lowest BCUT2D eigenvalue weighted by atomic mass is 9.92. The number of fused-ring (bicyclic) bond motifs is 1. The highest BCUT2D eigenvalue weighted by Crippen LogP contribution is 2.42. The first-order chi connectivity index (χ1) is 12.1. The minimum absolute atomic E-state index is 0.125. The van der Waals surface area contributed by atoms with Crippen molar-refractivity contribution in [2.75, 3.05) is 32.8 Å². The van der Waals surface area contributed by atoms with E-state index < -0.39 is 0 Å². The summed E-state index contributed by atoms with van der Waals surface area (Å²) >= 11 is 0. The van der Waals surface area contributed by atoms with Crippen LogP contribution in [0.5, 0.6) is 17.2 Å². The molecule has 0 aliphatic carbocycles. The average Bonchev–Trinajstić information content (AvgIpc) is 2.92. The molecule has 0 N–H and O–H groups in total. The number of hydrogen-bond acceptors (Lipinski definition) is 4. The van der Waals surface area contributed by atoms with E-state index in [0.29, 0.717) is 30.2 Å².